The molecule has 0 bridgehead atoms. The number of halogens is 1. The van der Waals surface area contributed by atoms with E-state index in [1.54, 1.807) is 12.1 Å². The lowest BCUT2D eigenvalue weighted by Gasteiger charge is -2.30. The number of rotatable bonds is 3. The summed E-state index contributed by atoms with van der Waals surface area (Å²) in [6, 6.07) is 5.21. The van der Waals surface area contributed by atoms with Crippen LogP contribution in [0.1, 0.15) is 37.8 Å². The van der Waals surface area contributed by atoms with Crippen molar-refractivity contribution in [2.24, 2.45) is 0 Å². The van der Waals surface area contributed by atoms with Gasteiger partial charge in [0, 0.05) is 13.1 Å². The molecule has 0 spiro atoms. The van der Waals surface area contributed by atoms with Gasteiger partial charge >= 0.3 is 0 Å². The summed E-state index contributed by atoms with van der Waals surface area (Å²) in [5.41, 5.74) is 1.95. The van der Waals surface area contributed by atoms with Crippen molar-refractivity contribution in [3.63, 3.8) is 0 Å². The van der Waals surface area contributed by atoms with Crippen molar-refractivity contribution in [1.82, 2.24) is 4.90 Å². The lowest BCUT2D eigenvalue weighted by molar-refractivity contribution is 0.0668. The quantitative estimate of drug-likeness (QED) is 0.891. The smallest absolute Gasteiger partial charge is 0.123 e. The number of likely N-dealkylation sites (tertiary alicyclic amines) is 1. The molecule has 18 heavy (non-hydrogen) atoms. The average Bonchev–Trinajstić information content (AvgIpc) is 2.28. The van der Waals surface area contributed by atoms with Gasteiger partial charge in [0.2, 0.25) is 0 Å². The van der Waals surface area contributed by atoms with Gasteiger partial charge in [-0.3, -0.25) is 4.90 Å². The third-order valence-electron chi connectivity index (χ3n) is 3.42. The van der Waals surface area contributed by atoms with E-state index in [0.29, 0.717) is 6.54 Å². The molecule has 0 aliphatic carbocycles. The summed E-state index contributed by atoms with van der Waals surface area (Å²) in [5.74, 6) is 0.940. The standard InChI is InChI=1S/C15H21FNO/c1-11(2)13-6-12(7-14(16)8-13)9-17-5-3-4-15(18)10-17/h6-8,15,18H,3-5,9-10H2,1-2H3. The number of nitrogens with zero attached hydrogens (tertiary/aromatic N) is 1. The first-order chi connectivity index (χ1) is 8.54. The van der Waals surface area contributed by atoms with Gasteiger partial charge in [-0.1, -0.05) is 19.9 Å². The zero-order chi connectivity index (χ0) is 13.1. The van der Waals surface area contributed by atoms with Crippen LogP contribution in [0, 0.1) is 11.7 Å². The summed E-state index contributed by atoms with van der Waals surface area (Å²) < 4.78 is 13.5. The summed E-state index contributed by atoms with van der Waals surface area (Å²) in [4.78, 5) is 2.19. The Kier molecular flexibility index (Phi) is 4.36. The Balaban J connectivity index is 2.08. The van der Waals surface area contributed by atoms with Crippen LogP contribution in [0.15, 0.2) is 18.2 Å². The van der Waals surface area contributed by atoms with Crippen LogP contribution >= 0.6 is 0 Å². The Morgan fingerprint density at radius 1 is 1.39 bits per heavy atom. The normalized spacial score (nSPS) is 21.5. The van der Waals surface area contributed by atoms with Gasteiger partial charge in [0.25, 0.3) is 0 Å². The third kappa shape index (κ3) is 3.53. The predicted molar refractivity (Wildman–Crippen MR) is 70.6 cm³/mol. The highest BCUT2D eigenvalue weighted by molar-refractivity contribution is 5.33. The molecule has 3 heteroatoms. The molecule has 1 unspecified atom stereocenters. The van der Waals surface area contributed by atoms with E-state index in [-0.39, 0.29) is 11.9 Å². The Morgan fingerprint density at radius 2 is 2.17 bits per heavy atom. The number of aliphatic hydroxyl groups excluding tert-OH is 1. The minimum Gasteiger partial charge on any atom is -0.392 e. The van der Waals surface area contributed by atoms with E-state index in [1.165, 1.54) is 0 Å². The van der Waals surface area contributed by atoms with Crippen molar-refractivity contribution >= 4 is 0 Å². The lowest BCUT2D eigenvalue weighted by Crippen LogP contribution is -2.37. The van der Waals surface area contributed by atoms with Crippen LogP contribution in [0.2, 0.25) is 0 Å². The van der Waals surface area contributed by atoms with Crippen molar-refractivity contribution in [1.29, 1.82) is 0 Å². The number of hydrogen-bond acceptors (Lipinski definition) is 2. The molecule has 0 aromatic heterocycles. The van der Waals surface area contributed by atoms with Gasteiger partial charge in [-0.05, 0) is 48.6 Å². The average molecular weight is 250 g/mol. The Labute approximate surface area is 108 Å². The van der Waals surface area contributed by atoms with Gasteiger partial charge in [-0.25, -0.2) is 4.39 Å². The lowest BCUT2D eigenvalue weighted by atomic mass is 10.00. The summed E-state index contributed by atoms with van der Waals surface area (Å²) in [6.45, 7) is 6.37. The van der Waals surface area contributed by atoms with Crippen LogP contribution in [0.5, 0.6) is 0 Å². The predicted octanol–water partition coefficient (Wildman–Crippen LogP) is 2.74. The molecule has 1 radical (unpaired) electrons. The maximum Gasteiger partial charge on any atom is 0.123 e. The molecular formula is C15H21FNO. The highest BCUT2D eigenvalue weighted by Crippen LogP contribution is 2.20. The number of piperidine rings is 1. The van der Waals surface area contributed by atoms with Crippen molar-refractivity contribution in [3.8, 4) is 0 Å². The maximum absolute atomic E-state index is 13.5. The van der Waals surface area contributed by atoms with Crippen molar-refractivity contribution in [2.45, 2.75) is 39.3 Å². The van der Waals surface area contributed by atoms with E-state index in [0.717, 1.165) is 43.0 Å². The SMILES string of the molecule is C[C](C)c1cc(F)cc(CN2CCCC(O)C2)c1. The molecule has 2 nitrogen and oxygen atoms in total. The Morgan fingerprint density at radius 3 is 2.83 bits per heavy atom. The topological polar surface area (TPSA) is 23.5 Å². The molecule has 0 saturated carbocycles. The van der Waals surface area contributed by atoms with Crippen LogP contribution in [0.25, 0.3) is 0 Å². The van der Waals surface area contributed by atoms with E-state index >= 15 is 0 Å². The molecule has 1 heterocycles. The zero-order valence-corrected chi connectivity index (χ0v) is 11.1. The molecule has 99 valence electrons. The molecule has 1 atom stereocenters. The summed E-state index contributed by atoms with van der Waals surface area (Å²) in [6.07, 6.45) is 1.67. The Bertz CT molecular complexity index is 405. The number of benzene rings is 1. The first-order valence-electron chi connectivity index (χ1n) is 6.55. The van der Waals surface area contributed by atoms with E-state index in [2.05, 4.69) is 4.90 Å². The molecule has 1 aromatic rings. The molecule has 1 saturated heterocycles. The molecule has 1 aliphatic rings. The van der Waals surface area contributed by atoms with Gasteiger partial charge in [0.1, 0.15) is 5.82 Å². The highest BCUT2D eigenvalue weighted by Gasteiger charge is 2.18. The van der Waals surface area contributed by atoms with Crippen LogP contribution < -0.4 is 0 Å². The van der Waals surface area contributed by atoms with Gasteiger partial charge in [0.15, 0.2) is 0 Å². The van der Waals surface area contributed by atoms with Gasteiger partial charge in [0.05, 0.1) is 6.10 Å². The largest absolute Gasteiger partial charge is 0.392 e. The zero-order valence-electron chi connectivity index (χ0n) is 11.1. The molecule has 1 aliphatic heterocycles. The second-order valence-electron chi connectivity index (χ2n) is 5.38. The molecule has 1 N–H and O–H groups in total. The summed E-state index contributed by atoms with van der Waals surface area (Å²) in [5, 5.41) is 9.64. The highest BCUT2D eigenvalue weighted by atomic mass is 19.1. The minimum atomic E-state index is -0.230. The first kappa shape index (κ1) is 13.5. The monoisotopic (exact) mass is 250 g/mol. The minimum absolute atomic E-state index is 0.179. The van der Waals surface area contributed by atoms with Crippen molar-refractivity contribution in [3.05, 3.63) is 41.1 Å². The number of hydrogen-bond donors (Lipinski definition) is 1. The van der Waals surface area contributed by atoms with E-state index in [1.807, 2.05) is 19.9 Å². The fourth-order valence-corrected chi connectivity index (χ4v) is 2.46. The van der Waals surface area contributed by atoms with Gasteiger partial charge in [-0.15, -0.1) is 0 Å². The van der Waals surface area contributed by atoms with Crippen LogP contribution in [0.4, 0.5) is 4.39 Å². The molecule has 1 aromatic carbocycles. The van der Waals surface area contributed by atoms with Crippen molar-refractivity contribution in [2.75, 3.05) is 13.1 Å². The molecule has 2 rings (SSSR count). The molecular weight excluding hydrogens is 229 g/mol. The Hall–Kier alpha value is -0.930. The van der Waals surface area contributed by atoms with E-state index in [9.17, 15) is 9.50 Å². The summed E-state index contributed by atoms with van der Waals surface area (Å²) in [7, 11) is 0. The third-order valence-corrected chi connectivity index (χ3v) is 3.42. The number of β-amino-alcohol motifs (C(OH)–C–C–N with tert-alkyl or cyclic N) is 1. The fraction of sp³-hybridized carbons (Fsp3) is 0.533. The fourth-order valence-electron chi connectivity index (χ4n) is 2.46. The maximum atomic E-state index is 13.5. The van der Waals surface area contributed by atoms with E-state index in [4.69, 9.17) is 0 Å². The van der Waals surface area contributed by atoms with Crippen molar-refractivity contribution < 1.29 is 9.50 Å². The first-order valence-corrected chi connectivity index (χ1v) is 6.55. The van der Waals surface area contributed by atoms with Gasteiger partial charge < -0.3 is 5.11 Å². The van der Waals surface area contributed by atoms with E-state index < -0.39 is 0 Å². The summed E-state index contributed by atoms with van der Waals surface area (Å²) >= 11 is 0. The molecule has 0 amide bonds. The van der Waals surface area contributed by atoms with Crippen LogP contribution in [-0.4, -0.2) is 29.2 Å². The second kappa shape index (κ2) is 5.81. The van der Waals surface area contributed by atoms with Crippen LogP contribution in [0.3, 0.4) is 0 Å². The van der Waals surface area contributed by atoms with Crippen LogP contribution in [-0.2, 0) is 6.54 Å². The van der Waals surface area contributed by atoms with Gasteiger partial charge in [-0.2, -0.15) is 0 Å². The second-order valence-corrected chi connectivity index (χ2v) is 5.38. The number of aliphatic hydroxyl groups is 1. The molecule has 1 fully saturated rings.